The fourth-order valence-electron chi connectivity index (χ4n) is 3.26. The minimum Gasteiger partial charge on any atom is -0.463 e. The van der Waals surface area contributed by atoms with E-state index in [4.69, 9.17) is 4.74 Å². The summed E-state index contributed by atoms with van der Waals surface area (Å²) in [6, 6.07) is 8.66. The lowest BCUT2D eigenvalue weighted by Gasteiger charge is -2.24. The van der Waals surface area contributed by atoms with E-state index in [0.717, 1.165) is 0 Å². The number of benzene rings is 1. The Kier molecular flexibility index (Phi) is 7.42. The maximum Gasteiger partial charge on any atom is 0.337 e. The van der Waals surface area contributed by atoms with Gasteiger partial charge < -0.3 is 20.7 Å². The number of quaternary nitrogens is 1. The van der Waals surface area contributed by atoms with Crippen molar-refractivity contribution in [2.45, 2.75) is 46.6 Å². The first kappa shape index (κ1) is 21.0. The third-order valence-electron chi connectivity index (χ3n) is 4.86. The highest BCUT2D eigenvalue weighted by molar-refractivity contribution is 5.93. The van der Waals surface area contributed by atoms with Gasteiger partial charge in [-0.3, -0.25) is 0 Å². The predicted molar refractivity (Wildman–Crippen MR) is 105 cm³/mol. The number of ether oxygens (including phenoxy) is 1. The van der Waals surface area contributed by atoms with Gasteiger partial charge in [-0.2, -0.15) is 0 Å². The number of hydrogen-bond acceptors (Lipinski definition) is 3. The van der Waals surface area contributed by atoms with Crippen molar-refractivity contribution in [3.8, 4) is 0 Å². The van der Waals surface area contributed by atoms with Gasteiger partial charge in [-0.15, -0.1) is 0 Å². The zero-order valence-electron chi connectivity index (χ0n) is 17.0. The Balaban J connectivity index is 2.17. The fraction of sp³-hybridized carbons (Fsp3) is 0.524. The van der Waals surface area contributed by atoms with Crippen LogP contribution in [0.2, 0.25) is 0 Å². The number of esters is 1. The van der Waals surface area contributed by atoms with Gasteiger partial charge in [0.2, 0.25) is 0 Å². The zero-order valence-corrected chi connectivity index (χ0v) is 17.0. The molecule has 0 bridgehead atoms. The summed E-state index contributed by atoms with van der Waals surface area (Å²) in [4.78, 5) is 23.9. The van der Waals surface area contributed by atoms with Crippen molar-refractivity contribution in [3.63, 3.8) is 0 Å². The maximum absolute atomic E-state index is 12.2. The molecule has 0 spiro atoms. The van der Waals surface area contributed by atoms with Crippen LogP contribution in [0, 0.1) is 5.92 Å². The molecule has 1 heterocycles. The molecule has 0 aliphatic carbocycles. The first-order valence-corrected chi connectivity index (χ1v) is 9.70. The molecule has 6 nitrogen and oxygen atoms in total. The summed E-state index contributed by atoms with van der Waals surface area (Å²) in [5.74, 6) is 0.525. The number of carbonyl (C=O) groups excluding carboxylic acids is 2. The molecule has 0 saturated heterocycles. The molecule has 27 heavy (non-hydrogen) atoms. The summed E-state index contributed by atoms with van der Waals surface area (Å²) >= 11 is 0. The Morgan fingerprint density at radius 1 is 1.15 bits per heavy atom. The minimum atomic E-state index is -0.379. The Morgan fingerprint density at radius 3 is 2.33 bits per heavy atom. The van der Waals surface area contributed by atoms with Crippen LogP contribution in [0.15, 0.2) is 35.5 Å². The van der Waals surface area contributed by atoms with Gasteiger partial charge in [-0.25, -0.2) is 9.59 Å². The summed E-state index contributed by atoms with van der Waals surface area (Å²) in [6.07, 6.45) is 0. The van der Waals surface area contributed by atoms with Gasteiger partial charge in [0.15, 0.2) is 0 Å². The van der Waals surface area contributed by atoms with Crippen LogP contribution in [0.1, 0.15) is 57.7 Å². The highest BCUT2D eigenvalue weighted by atomic mass is 16.5. The molecule has 1 aliphatic heterocycles. The monoisotopic (exact) mass is 374 g/mol. The predicted octanol–water partition coefficient (Wildman–Crippen LogP) is 2.20. The Bertz CT molecular complexity index is 693. The van der Waals surface area contributed by atoms with Crippen molar-refractivity contribution in [3.05, 3.63) is 46.7 Å². The lowest BCUT2D eigenvalue weighted by atomic mass is 9.93. The summed E-state index contributed by atoms with van der Waals surface area (Å²) in [5, 5.41) is 7.59. The molecule has 2 rings (SSSR count). The van der Waals surface area contributed by atoms with Gasteiger partial charge in [0.25, 0.3) is 0 Å². The number of hydrogen-bond donors (Lipinski definition) is 3. The van der Waals surface area contributed by atoms with Crippen molar-refractivity contribution < 1.29 is 19.6 Å². The molecule has 0 unspecified atom stereocenters. The van der Waals surface area contributed by atoms with Crippen LogP contribution in [0.4, 0.5) is 4.79 Å². The number of nitrogens with two attached hydrogens (primary N) is 1. The van der Waals surface area contributed by atoms with E-state index in [9.17, 15) is 9.59 Å². The average Bonchev–Trinajstić information content (AvgIpc) is 2.62. The molecular weight excluding hydrogens is 342 g/mol. The van der Waals surface area contributed by atoms with Gasteiger partial charge in [0, 0.05) is 11.5 Å². The fourth-order valence-corrected chi connectivity index (χ4v) is 3.26. The molecule has 4 N–H and O–H groups in total. The highest BCUT2D eigenvalue weighted by Crippen LogP contribution is 2.21. The number of nitrogens with one attached hydrogen (secondary N) is 2. The molecule has 1 aliphatic rings. The van der Waals surface area contributed by atoms with E-state index in [1.807, 2.05) is 0 Å². The van der Waals surface area contributed by atoms with Gasteiger partial charge in [0.1, 0.15) is 12.6 Å². The average molecular weight is 375 g/mol. The van der Waals surface area contributed by atoms with Gasteiger partial charge in [-0.1, -0.05) is 52.0 Å². The molecule has 148 valence electrons. The standard InChI is InChI=1S/C21H31N3O3/c1-6-27-20(25)17-11-23-21(26)24-18(17)12-22-19(14(4)5)16-9-7-15(8-10-16)13(2)3/h7-10,13-14,19,22H,6,11-12H2,1-5H3,(H2,23,24,26)/p+1/t19-/m0/s1. The van der Waals surface area contributed by atoms with Crippen molar-refractivity contribution in [2.75, 3.05) is 19.7 Å². The second kappa shape index (κ2) is 9.55. The first-order chi connectivity index (χ1) is 12.8. The Morgan fingerprint density at radius 2 is 1.78 bits per heavy atom. The largest absolute Gasteiger partial charge is 0.463 e. The van der Waals surface area contributed by atoms with Crippen LogP contribution in [0.5, 0.6) is 0 Å². The van der Waals surface area contributed by atoms with Gasteiger partial charge in [-0.05, 0) is 18.4 Å². The Labute approximate surface area is 161 Å². The second-order valence-corrected chi connectivity index (χ2v) is 7.52. The molecule has 0 radical (unpaired) electrons. The van der Waals surface area contributed by atoms with Crippen LogP contribution in [0.3, 0.4) is 0 Å². The molecule has 6 heteroatoms. The van der Waals surface area contributed by atoms with Crippen LogP contribution in [-0.4, -0.2) is 31.7 Å². The molecule has 2 amide bonds. The van der Waals surface area contributed by atoms with Crippen molar-refractivity contribution in [2.24, 2.45) is 5.92 Å². The van der Waals surface area contributed by atoms with Crippen molar-refractivity contribution in [1.82, 2.24) is 10.6 Å². The van der Waals surface area contributed by atoms with Crippen LogP contribution >= 0.6 is 0 Å². The van der Waals surface area contributed by atoms with E-state index in [1.165, 1.54) is 11.1 Å². The molecular formula is C21H32N3O3+. The molecule has 0 fully saturated rings. The van der Waals surface area contributed by atoms with Crippen molar-refractivity contribution in [1.29, 1.82) is 0 Å². The number of rotatable bonds is 8. The van der Waals surface area contributed by atoms with Gasteiger partial charge in [0.05, 0.1) is 24.4 Å². The molecule has 1 aromatic carbocycles. The molecule has 0 saturated carbocycles. The first-order valence-electron chi connectivity index (χ1n) is 9.70. The lowest BCUT2D eigenvalue weighted by Crippen LogP contribution is -2.87. The Hall–Kier alpha value is -2.34. The highest BCUT2D eigenvalue weighted by Gasteiger charge is 2.27. The third kappa shape index (κ3) is 5.57. The van der Waals surface area contributed by atoms with E-state index < -0.39 is 0 Å². The summed E-state index contributed by atoms with van der Waals surface area (Å²) < 4.78 is 5.12. The normalized spacial score (nSPS) is 15.6. The van der Waals surface area contributed by atoms with Crippen LogP contribution in [0.25, 0.3) is 0 Å². The minimum absolute atomic E-state index is 0.198. The zero-order chi connectivity index (χ0) is 20.0. The number of urea groups is 1. The van der Waals surface area contributed by atoms with E-state index in [2.05, 4.69) is 67.9 Å². The van der Waals surface area contributed by atoms with E-state index in [-0.39, 0.29) is 24.6 Å². The molecule has 1 aromatic rings. The SMILES string of the molecule is CCOC(=O)C1=C(C[NH2+][C@H](c2ccc(C(C)C)cc2)C(C)C)NC(=O)NC1. The van der Waals surface area contributed by atoms with Crippen LogP contribution < -0.4 is 16.0 Å². The summed E-state index contributed by atoms with van der Waals surface area (Å²) in [7, 11) is 0. The molecule has 0 aromatic heterocycles. The second-order valence-electron chi connectivity index (χ2n) is 7.52. The van der Waals surface area contributed by atoms with Crippen LogP contribution in [-0.2, 0) is 9.53 Å². The van der Waals surface area contributed by atoms with Crippen molar-refractivity contribution >= 4 is 12.0 Å². The van der Waals surface area contributed by atoms with E-state index in [0.29, 0.717) is 36.3 Å². The topological polar surface area (TPSA) is 84.0 Å². The summed E-state index contributed by atoms with van der Waals surface area (Å²) in [5.41, 5.74) is 3.68. The van der Waals surface area contributed by atoms with E-state index >= 15 is 0 Å². The molecule has 1 atom stereocenters. The summed E-state index contributed by atoms with van der Waals surface area (Å²) in [6.45, 7) is 11.5. The number of amides is 2. The third-order valence-corrected chi connectivity index (χ3v) is 4.86. The quantitative estimate of drug-likeness (QED) is 0.610. The number of carbonyl (C=O) groups is 2. The van der Waals surface area contributed by atoms with Gasteiger partial charge >= 0.3 is 12.0 Å². The smallest absolute Gasteiger partial charge is 0.337 e. The van der Waals surface area contributed by atoms with E-state index in [1.54, 1.807) is 6.92 Å². The maximum atomic E-state index is 12.2. The lowest BCUT2D eigenvalue weighted by molar-refractivity contribution is -0.696.